The maximum Gasteiger partial charge on any atom is 0.0490 e. The first-order valence-electron chi connectivity index (χ1n) is 5.44. The molecule has 15 heavy (non-hydrogen) atoms. The first-order valence-corrected chi connectivity index (χ1v) is 5.44. The van der Waals surface area contributed by atoms with E-state index in [1.54, 1.807) is 6.20 Å². The van der Waals surface area contributed by atoms with Gasteiger partial charge in [-0.3, -0.25) is 5.10 Å². The predicted octanol–water partition coefficient (Wildman–Crippen LogP) is 1.28. The molecule has 1 heterocycles. The number of nitrogens with zero attached hydrogens (tertiary/aromatic N) is 1. The molecule has 0 amide bonds. The van der Waals surface area contributed by atoms with Crippen LogP contribution < -0.4 is 10.6 Å². The van der Waals surface area contributed by atoms with Gasteiger partial charge >= 0.3 is 0 Å². The van der Waals surface area contributed by atoms with Gasteiger partial charge in [0.05, 0.1) is 0 Å². The largest absolute Gasteiger partial charge is 0.311 e. The van der Waals surface area contributed by atoms with E-state index in [-0.39, 0.29) is 5.54 Å². The van der Waals surface area contributed by atoms with Crippen molar-refractivity contribution in [3.05, 3.63) is 18.0 Å². The lowest BCUT2D eigenvalue weighted by molar-refractivity contribution is 0.386. The summed E-state index contributed by atoms with van der Waals surface area (Å²) in [6.45, 7) is 10.5. The summed E-state index contributed by atoms with van der Waals surface area (Å²) in [7, 11) is 0. The number of aromatic nitrogens is 2. The minimum absolute atomic E-state index is 0.184. The minimum atomic E-state index is 0.184. The smallest absolute Gasteiger partial charge is 0.0490 e. The summed E-state index contributed by atoms with van der Waals surface area (Å²) in [5.74, 6) is 0. The van der Waals surface area contributed by atoms with E-state index in [0.717, 1.165) is 18.8 Å². The molecule has 0 spiro atoms. The van der Waals surface area contributed by atoms with Crippen molar-refractivity contribution in [2.45, 2.75) is 45.8 Å². The molecule has 4 heteroatoms. The van der Waals surface area contributed by atoms with Crippen molar-refractivity contribution in [3.8, 4) is 0 Å². The number of rotatable bonds is 5. The van der Waals surface area contributed by atoms with Crippen molar-refractivity contribution in [2.24, 2.45) is 0 Å². The summed E-state index contributed by atoms with van der Waals surface area (Å²) in [6.07, 6.45) is 1.77. The van der Waals surface area contributed by atoms with Gasteiger partial charge in [0, 0.05) is 36.6 Å². The second-order valence-corrected chi connectivity index (χ2v) is 4.99. The Balaban J connectivity index is 2.16. The number of aromatic amines is 1. The number of hydrogen-bond donors (Lipinski definition) is 3. The van der Waals surface area contributed by atoms with Gasteiger partial charge in [-0.25, -0.2) is 0 Å². The van der Waals surface area contributed by atoms with Crippen LogP contribution in [0.25, 0.3) is 0 Å². The highest BCUT2D eigenvalue weighted by Gasteiger charge is 2.10. The maximum atomic E-state index is 3.90. The number of nitrogens with one attached hydrogen (secondary N) is 3. The predicted molar refractivity (Wildman–Crippen MR) is 62.6 cm³/mol. The van der Waals surface area contributed by atoms with Crippen molar-refractivity contribution >= 4 is 0 Å². The van der Waals surface area contributed by atoms with Gasteiger partial charge in [0.15, 0.2) is 0 Å². The van der Waals surface area contributed by atoms with Gasteiger partial charge in [0.2, 0.25) is 0 Å². The van der Waals surface area contributed by atoms with Gasteiger partial charge in [-0.15, -0.1) is 0 Å². The fourth-order valence-electron chi connectivity index (χ4n) is 1.20. The van der Waals surface area contributed by atoms with Gasteiger partial charge in [-0.05, 0) is 33.8 Å². The van der Waals surface area contributed by atoms with Gasteiger partial charge in [0.25, 0.3) is 0 Å². The lowest BCUT2D eigenvalue weighted by atomic mass is 10.1. The van der Waals surface area contributed by atoms with E-state index >= 15 is 0 Å². The zero-order valence-corrected chi connectivity index (χ0v) is 10.1. The standard InChI is InChI=1S/C11H22N4/c1-9(7-13-11(2,3)4)12-8-10-5-6-14-15-10/h5-6,9,12-13H,7-8H2,1-4H3,(H,14,15). The summed E-state index contributed by atoms with van der Waals surface area (Å²) in [5.41, 5.74) is 1.31. The highest BCUT2D eigenvalue weighted by atomic mass is 15.1. The fraction of sp³-hybridized carbons (Fsp3) is 0.727. The molecule has 0 aliphatic carbocycles. The minimum Gasteiger partial charge on any atom is -0.311 e. The zero-order valence-electron chi connectivity index (χ0n) is 10.1. The summed E-state index contributed by atoms with van der Waals surface area (Å²) < 4.78 is 0. The Morgan fingerprint density at radius 3 is 2.73 bits per heavy atom. The molecule has 0 aromatic carbocycles. The molecule has 0 bridgehead atoms. The molecule has 1 unspecified atom stereocenters. The molecular weight excluding hydrogens is 188 g/mol. The van der Waals surface area contributed by atoms with Crippen molar-refractivity contribution in [1.29, 1.82) is 0 Å². The van der Waals surface area contributed by atoms with Crippen LogP contribution in [0.5, 0.6) is 0 Å². The highest BCUT2D eigenvalue weighted by Crippen LogP contribution is 1.98. The van der Waals surface area contributed by atoms with E-state index < -0.39 is 0 Å². The Hall–Kier alpha value is -0.870. The average molecular weight is 210 g/mol. The van der Waals surface area contributed by atoms with Crippen LogP contribution in [0.4, 0.5) is 0 Å². The molecule has 3 N–H and O–H groups in total. The van der Waals surface area contributed by atoms with Crippen LogP contribution in [0.2, 0.25) is 0 Å². The van der Waals surface area contributed by atoms with Crippen LogP contribution in [-0.4, -0.2) is 28.3 Å². The Labute approximate surface area is 91.8 Å². The average Bonchev–Trinajstić information content (AvgIpc) is 2.62. The molecule has 0 fully saturated rings. The van der Waals surface area contributed by atoms with Crippen LogP contribution >= 0.6 is 0 Å². The van der Waals surface area contributed by atoms with Crippen molar-refractivity contribution in [3.63, 3.8) is 0 Å². The van der Waals surface area contributed by atoms with E-state index in [9.17, 15) is 0 Å². The normalized spacial score (nSPS) is 14.1. The number of H-pyrrole nitrogens is 1. The van der Waals surface area contributed by atoms with Crippen molar-refractivity contribution < 1.29 is 0 Å². The monoisotopic (exact) mass is 210 g/mol. The molecule has 4 nitrogen and oxygen atoms in total. The third kappa shape index (κ3) is 5.54. The second kappa shape index (κ2) is 5.28. The molecule has 0 aliphatic heterocycles. The lowest BCUT2D eigenvalue weighted by Gasteiger charge is -2.23. The molecule has 0 saturated heterocycles. The summed E-state index contributed by atoms with van der Waals surface area (Å²) >= 11 is 0. The van der Waals surface area contributed by atoms with Gasteiger partial charge < -0.3 is 10.6 Å². The van der Waals surface area contributed by atoms with Crippen LogP contribution in [-0.2, 0) is 6.54 Å². The number of hydrogen-bond acceptors (Lipinski definition) is 3. The summed E-state index contributed by atoms with van der Waals surface area (Å²) in [6, 6.07) is 2.43. The molecule has 0 saturated carbocycles. The SMILES string of the molecule is CC(CNC(C)(C)C)NCc1ccn[nH]1. The van der Waals surface area contributed by atoms with Crippen LogP contribution in [0.15, 0.2) is 12.3 Å². The molecule has 1 aromatic heterocycles. The highest BCUT2D eigenvalue weighted by molar-refractivity contribution is 4.96. The Bertz CT molecular complexity index is 261. The molecule has 1 atom stereocenters. The van der Waals surface area contributed by atoms with E-state index in [1.807, 2.05) is 6.07 Å². The van der Waals surface area contributed by atoms with E-state index in [2.05, 4.69) is 48.5 Å². The van der Waals surface area contributed by atoms with Crippen LogP contribution in [0.3, 0.4) is 0 Å². The van der Waals surface area contributed by atoms with Crippen LogP contribution in [0.1, 0.15) is 33.4 Å². The van der Waals surface area contributed by atoms with Gasteiger partial charge in [-0.2, -0.15) is 5.10 Å². The molecule has 1 rings (SSSR count). The third-order valence-electron chi connectivity index (χ3n) is 2.14. The topological polar surface area (TPSA) is 52.7 Å². The van der Waals surface area contributed by atoms with Crippen molar-refractivity contribution in [1.82, 2.24) is 20.8 Å². The van der Waals surface area contributed by atoms with E-state index in [4.69, 9.17) is 0 Å². The summed E-state index contributed by atoms with van der Waals surface area (Å²) in [4.78, 5) is 0. The maximum absolute atomic E-state index is 3.90. The Morgan fingerprint density at radius 2 is 2.20 bits per heavy atom. The Kier molecular flexibility index (Phi) is 4.29. The lowest BCUT2D eigenvalue weighted by Crippen LogP contribution is -2.44. The molecule has 0 radical (unpaired) electrons. The zero-order chi connectivity index (χ0) is 11.3. The van der Waals surface area contributed by atoms with Crippen molar-refractivity contribution in [2.75, 3.05) is 6.54 Å². The third-order valence-corrected chi connectivity index (χ3v) is 2.14. The van der Waals surface area contributed by atoms with Gasteiger partial charge in [0.1, 0.15) is 0 Å². The quantitative estimate of drug-likeness (QED) is 0.686. The molecular formula is C11H22N4. The van der Waals surface area contributed by atoms with Gasteiger partial charge in [-0.1, -0.05) is 0 Å². The second-order valence-electron chi connectivity index (χ2n) is 4.99. The Morgan fingerprint density at radius 1 is 1.47 bits per heavy atom. The van der Waals surface area contributed by atoms with E-state index in [1.165, 1.54) is 0 Å². The first-order chi connectivity index (χ1) is 6.97. The molecule has 1 aromatic rings. The summed E-state index contributed by atoms with van der Waals surface area (Å²) in [5, 5.41) is 13.7. The molecule has 86 valence electrons. The first kappa shape index (κ1) is 12.2. The van der Waals surface area contributed by atoms with Crippen LogP contribution in [0, 0.1) is 0 Å². The fourth-order valence-corrected chi connectivity index (χ4v) is 1.20. The molecule has 0 aliphatic rings. The van der Waals surface area contributed by atoms with E-state index in [0.29, 0.717) is 6.04 Å².